The number of aromatic nitrogens is 2. The topological polar surface area (TPSA) is 105 Å². The van der Waals surface area contributed by atoms with Crippen LogP contribution in [0, 0.1) is 5.92 Å². The molecule has 0 aliphatic carbocycles. The molecule has 2 aromatic rings. The van der Waals surface area contributed by atoms with Gasteiger partial charge >= 0.3 is 0 Å². The van der Waals surface area contributed by atoms with Crippen LogP contribution in [0.25, 0.3) is 10.9 Å². The SMILES string of the molecule is CC1CCCN(C(=O)C2CN(Cc3nc4ccccc4c(=O)[nH]3)CCO2)C1CN. The first-order valence-electron chi connectivity index (χ1n) is 10.4. The Morgan fingerprint density at radius 1 is 1.34 bits per heavy atom. The minimum atomic E-state index is -0.504. The maximum absolute atomic E-state index is 13.1. The molecule has 0 bridgehead atoms. The van der Waals surface area contributed by atoms with Crippen LogP contribution in [0.15, 0.2) is 29.1 Å². The zero-order valence-electron chi connectivity index (χ0n) is 16.8. The smallest absolute Gasteiger partial charge is 0.258 e. The number of H-pyrrole nitrogens is 1. The number of nitrogens with one attached hydrogen (secondary N) is 1. The van der Waals surface area contributed by atoms with Crippen LogP contribution in [0.3, 0.4) is 0 Å². The van der Waals surface area contributed by atoms with Gasteiger partial charge in [-0.15, -0.1) is 0 Å². The molecule has 1 aromatic carbocycles. The second-order valence-corrected chi connectivity index (χ2v) is 8.08. The number of carbonyl (C=O) groups excluding carboxylic acids is 1. The van der Waals surface area contributed by atoms with Crippen molar-refractivity contribution in [2.45, 2.75) is 38.5 Å². The first kappa shape index (κ1) is 20.0. The standard InChI is InChI=1S/C21H29N5O3/c1-14-5-4-8-26(17(14)11-22)21(28)18-12-25(9-10-29-18)13-19-23-16-7-3-2-6-15(16)20(27)24-19/h2-3,6-7,14,17-18H,4-5,8-13,22H2,1H3,(H,23,24,27). The van der Waals surface area contributed by atoms with Gasteiger partial charge in [-0.1, -0.05) is 19.1 Å². The van der Waals surface area contributed by atoms with Gasteiger partial charge in [-0.05, 0) is 30.9 Å². The van der Waals surface area contributed by atoms with E-state index in [1.807, 2.05) is 23.1 Å². The molecule has 8 heteroatoms. The highest BCUT2D eigenvalue weighted by molar-refractivity contribution is 5.82. The van der Waals surface area contributed by atoms with Crippen molar-refractivity contribution in [1.29, 1.82) is 0 Å². The Kier molecular flexibility index (Phi) is 5.94. The van der Waals surface area contributed by atoms with Crippen molar-refractivity contribution in [2.75, 3.05) is 32.8 Å². The molecule has 3 heterocycles. The summed E-state index contributed by atoms with van der Waals surface area (Å²) in [5, 5.41) is 0.582. The highest BCUT2D eigenvalue weighted by Crippen LogP contribution is 2.24. The molecule has 0 saturated carbocycles. The second kappa shape index (κ2) is 8.61. The van der Waals surface area contributed by atoms with Crippen LogP contribution in [0.4, 0.5) is 0 Å². The van der Waals surface area contributed by atoms with Crippen molar-refractivity contribution in [1.82, 2.24) is 19.8 Å². The molecule has 4 rings (SSSR count). The average Bonchev–Trinajstić information content (AvgIpc) is 2.73. The predicted molar refractivity (Wildman–Crippen MR) is 110 cm³/mol. The van der Waals surface area contributed by atoms with E-state index >= 15 is 0 Å². The Hall–Kier alpha value is -2.29. The molecule has 2 fully saturated rings. The van der Waals surface area contributed by atoms with Crippen molar-refractivity contribution < 1.29 is 9.53 Å². The number of nitrogens with zero attached hydrogens (tertiary/aromatic N) is 3. The number of aromatic amines is 1. The highest BCUT2D eigenvalue weighted by Gasteiger charge is 2.36. The van der Waals surface area contributed by atoms with Crippen LogP contribution in [0.2, 0.25) is 0 Å². The summed E-state index contributed by atoms with van der Waals surface area (Å²) < 4.78 is 5.82. The summed E-state index contributed by atoms with van der Waals surface area (Å²) >= 11 is 0. The number of ether oxygens (including phenoxy) is 1. The molecule has 8 nitrogen and oxygen atoms in total. The number of hydrogen-bond acceptors (Lipinski definition) is 6. The third-order valence-electron chi connectivity index (χ3n) is 6.10. The summed E-state index contributed by atoms with van der Waals surface area (Å²) in [4.78, 5) is 36.9. The molecule has 2 aliphatic rings. The third-order valence-corrected chi connectivity index (χ3v) is 6.10. The Balaban J connectivity index is 1.46. The van der Waals surface area contributed by atoms with E-state index < -0.39 is 6.10 Å². The number of benzene rings is 1. The molecule has 0 spiro atoms. The third kappa shape index (κ3) is 4.19. The van der Waals surface area contributed by atoms with Crippen molar-refractivity contribution in [3.8, 4) is 0 Å². The zero-order chi connectivity index (χ0) is 20.4. The number of morpholine rings is 1. The zero-order valence-corrected chi connectivity index (χ0v) is 16.8. The fraction of sp³-hybridized carbons (Fsp3) is 0.571. The van der Waals surface area contributed by atoms with E-state index in [2.05, 4.69) is 21.8 Å². The molecule has 2 aliphatic heterocycles. The van der Waals surface area contributed by atoms with Crippen LogP contribution in [0.5, 0.6) is 0 Å². The molecule has 156 valence electrons. The van der Waals surface area contributed by atoms with Gasteiger partial charge in [0.25, 0.3) is 11.5 Å². The second-order valence-electron chi connectivity index (χ2n) is 8.08. The van der Waals surface area contributed by atoms with Crippen molar-refractivity contribution in [3.63, 3.8) is 0 Å². The molecule has 3 atom stereocenters. The Morgan fingerprint density at radius 2 is 2.17 bits per heavy atom. The van der Waals surface area contributed by atoms with Crippen LogP contribution in [-0.4, -0.2) is 70.6 Å². The lowest BCUT2D eigenvalue weighted by Crippen LogP contribution is -2.57. The lowest BCUT2D eigenvalue weighted by atomic mass is 9.90. The average molecular weight is 399 g/mol. The molecule has 3 unspecified atom stereocenters. The summed E-state index contributed by atoms with van der Waals surface area (Å²) in [7, 11) is 0. The van der Waals surface area contributed by atoms with Crippen molar-refractivity contribution in [3.05, 3.63) is 40.4 Å². The van der Waals surface area contributed by atoms with Gasteiger partial charge in [-0.2, -0.15) is 0 Å². The Labute approximate surface area is 170 Å². The maximum atomic E-state index is 13.1. The van der Waals surface area contributed by atoms with E-state index in [0.717, 1.165) is 19.4 Å². The molecule has 1 aromatic heterocycles. The number of likely N-dealkylation sites (tertiary alicyclic amines) is 1. The van der Waals surface area contributed by atoms with Gasteiger partial charge < -0.3 is 20.4 Å². The Bertz CT molecular complexity index is 930. The number of amides is 1. The molecule has 3 N–H and O–H groups in total. The fourth-order valence-corrected chi connectivity index (χ4v) is 4.48. The molecular formula is C21H29N5O3. The van der Waals surface area contributed by atoms with Gasteiger partial charge in [0.2, 0.25) is 0 Å². The minimum absolute atomic E-state index is 0.0247. The number of nitrogens with two attached hydrogens (primary N) is 1. The number of para-hydroxylation sites is 1. The van der Waals surface area contributed by atoms with Crippen molar-refractivity contribution >= 4 is 16.8 Å². The van der Waals surface area contributed by atoms with E-state index in [-0.39, 0.29) is 17.5 Å². The van der Waals surface area contributed by atoms with Gasteiger partial charge in [-0.3, -0.25) is 14.5 Å². The predicted octanol–water partition coefficient (Wildman–Crippen LogP) is 0.710. The Morgan fingerprint density at radius 3 is 3.00 bits per heavy atom. The summed E-state index contributed by atoms with van der Waals surface area (Å²) in [6, 6.07) is 7.38. The first-order chi connectivity index (χ1) is 14.1. The van der Waals surface area contributed by atoms with Crippen LogP contribution < -0.4 is 11.3 Å². The summed E-state index contributed by atoms with van der Waals surface area (Å²) in [5.74, 6) is 1.04. The molecule has 2 saturated heterocycles. The number of hydrogen-bond donors (Lipinski definition) is 2. The van der Waals surface area contributed by atoms with Gasteiger partial charge in [0.15, 0.2) is 0 Å². The molecule has 29 heavy (non-hydrogen) atoms. The number of rotatable bonds is 4. The summed E-state index contributed by atoms with van der Waals surface area (Å²) in [6.45, 7) is 5.51. The van der Waals surface area contributed by atoms with E-state index in [9.17, 15) is 9.59 Å². The fourth-order valence-electron chi connectivity index (χ4n) is 4.48. The lowest BCUT2D eigenvalue weighted by Gasteiger charge is -2.42. The summed E-state index contributed by atoms with van der Waals surface area (Å²) in [5.41, 5.74) is 6.49. The number of fused-ring (bicyclic) bond motifs is 1. The number of piperidine rings is 1. The van der Waals surface area contributed by atoms with Gasteiger partial charge in [0, 0.05) is 32.2 Å². The molecule has 1 amide bonds. The largest absolute Gasteiger partial charge is 0.366 e. The van der Waals surface area contributed by atoms with E-state index in [0.29, 0.717) is 55.4 Å². The van der Waals surface area contributed by atoms with E-state index in [4.69, 9.17) is 10.5 Å². The maximum Gasteiger partial charge on any atom is 0.258 e. The normalized spacial score (nSPS) is 26.0. The lowest BCUT2D eigenvalue weighted by molar-refractivity contribution is -0.154. The van der Waals surface area contributed by atoms with Crippen LogP contribution in [0.1, 0.15) is 25.6 Å². The molecule has 0 radical (unpaired) electrons. The summed E-state index contributed by atoms with van der Waals surface area (Å²) in [6.07, 6.45) is 1.60. The molecular weight excluding hydrogens is 370 g/mol. The van der Waals surface area contributed by atoms with Gasteiger partial charge in [0.05, 0.1) is 24.1 Å². The highest BCUT2D eigenvalue weighted by atomic mass is 16.5. The minimum Gasteiger partial charge on any atom is -0.366 e. The van der Waals surface area contributed by atoms with Crippen LogP contribution >= 0.6 is 0 Å². The first-order valence-corrected chi connectivity index (χ1v) is 10.4. The number of carbonyl (C=O) groups is 1. The van der Waals surface area contributed by atoms with Gasteiger partial charge in [0.1, 0.15) is 11.9 Å². The monoisotopic (exact) mass is 399 g/mol. The quantitative estimate of drug-likeness (QED) is 0.785. The van der Waals surface area contributed by atoms with E-state index in [1.165, 1.54) is 0 Å². The van der Waals surface area contributed by atoms with Crippen LogP contribution in [-0.2, 0) is 16.1 Å². The van der Waals surface area contributed by atoms with E-state index in [1.54, 1.807) is 6.07 Å². The van der Waals surface area contributed by atoms with Crippen molar-refractivity contribution in [2.24, 2.45) is 11.7 Å². The van der Waals surface area contributed by atoms with Gasteiger partial charge in [-0.25, -0.2) is 4.98 Å².